The van der Waals surface area contributed by atoms with Crippen molar-refractivity contribution in [2.45, 2.75) is 25.3 Å². The summed E-state index contributed by atoms with van der Waals surface area (Å²) < 4.78 is 18.6. The van der Waals surface area contributed by atoms with Gasteiger partial charge in [-0.1, -0.05) is 6.07 Å². The van der Waals surface area contributed by atoms with E-state index in [0.717, 1.165) is 24.9 Å². The summed E-state index contributed by atoms with van der Waals surface area (Å²) in [6.45, 7) is 1.99. The zero-order valence-corrected chi connectivity index (χ0v) is 15.3. The van der Waals surface area contributed by atoms with E-state index in [2.05, 4.69) is 25.5 Å². The Morgan fingerprint density at radius 1 is 1.37 bits per heavy atom. The SMILES string of the molecule is COc1ccc(CCNC(=O)NC2CCCN(c3ncccn3)C2)cc1F. The second kappa shape index (κ2) is 9.16. The molecule has 1 aromatic heterocycles. The van der Waals surface area contributed by atoms with Gasteiger partial charge in [-0.25, -0.2) is 19.2 Å². The van der Waals surface area contributed by atoms with Crippen molar-refractivity contribution >= 4 is 12.0 Å². The minimum atomic E-state index is -0.398. The molecule has 1 atom stereocenters. The molecule has 2 aromatic rings. The molecule has 0 saturated carbocycles. The number of anilines is 1. The van der Waals surface area contributed by atoms with Gasteiger partial charge in [0.15, 0.2) is 11.6 Å². The molecule has 7 nitrogen and oxygen atoms in total. The van der Waals surface area contributed by atoms with Crippen LogP contribution < -0.4 is 20.3 Å². The third-order valence-corrected chi connectivity index (χ3v) is 4.51. The Morgan fingerprint density at radius 2 is 2.19 bits per heavy atom. The summed E-state index contributed by atoms with van der Waals surface area (Å²) in [4.78, 5) is 22.8. The average molecular weight is 373 g/mol. The van der Waals surface area contributed by atoms with Crippen molar-refractivity contribution in [1.82, 2.24) is 20.6 Å². The van der Waals surface area contributed by atoms with E-state index in [0.29, 0.717) is 25.5 Å². The van der Waals surface area contributed by atoms with Crippen LogP contribution in [-0.4, -0.2) is 48.8 Å². The van der Waals surface area contributed by atoms with Gasteiger partial charge in [0.25, 0.3) is 0 Å². The van der Waals surface area contributed by atoms with Crippen molar-refractivity contribution in [2.75, 3.05) is 31.6 Å². The Hall–Kier alpha value is -2.90. The maximum absolute atomic E-state index is 13.7. The number of ether oxygens (including phenoxy) is 1. The van der Waals surface area contributed by atoms with Crippen LogP contribution in [0.3, 0.4) is 0 Å². The largest absolute Gasteiger partial charge is 0.494 e. The van der Waals surface area contributed by atoms with Crippen molar-refractivity contribution in [3.63, 3.8) is 0 Å². The van der Waals surface area contributed by atoms with Gasteiger partial charge in [0.2, 0.25) is 5.95 Å². The predicted octanol–water partition coefficient (Wildman–Crippen LogP) is 2.13. The molecule has 3 rings (SSSR count). The number of urea groups is 1. The van der Waals surface area contributed by atoms with Crippen molar-refractivity contribution in [3.8, 4) is 5.75 Å². The van der Waals surface area contributed by atoms with E-state index >= 15 is 0 Å². The Labute approximate surface area is 158 Å². The van der Waals surface area contributed by atoms with E-state index in [9.17, 15) is 9.18 Å². The predicted molar refractivity (Wildman–Crippen MR) is 100 cm³/mol. The fourth-order valence-electron chi connectivity index (χ4n) is 3.15. The molecule has 1 fully saturated rings. The molecule has 0 aliphatic carbocycles. The fourth-order valence-corrected chi connectivity index (χ4v) is 3.15. The van der Waals surface area contributed by atoms with Gasteiger partial charge in [-0.3, -0.25) is 0 Å². The van der Waals surface area contributed by atoms with Crippen LogP contribution in [0, 0.1) is 5.82 Å². The van der Waals surface area contributed by atoms with E-state index in [1.54, 1.807) is 30.6 Å². The number of methoxy groups -OCH3 is 1. The number of nitrogens with one attached hydrogen (secondary N) is 2. The summed E-state index contributed by atoms with van der Waals surface area (Å²) in [5.41, 5.74) is 0.804. The number of nitrogens with zero attached hydrogens (tertiary/aromatic N) is 3. The summed E-state index contributed by atoms with van der Waals surface area (Å²) in [6, 6.07) is 6.42. The Bertz CT molecular complexity index is 759. The van der Waals surface area contributed by atoms with Gasteiger partial charge in [0, 0.05) is 38.1 Å². The van der Waals surface area contributed by atoms with Crippen LogP contribution in [0.2, 0.25) is 0 Å². The topological polar surface area (TPSA) is 79.4 Å². The molecule has 2 amide bonds. The third-order valence-electron chi connectivity index (χ3n) is 4.51. The molecule has 0 radical (unpaired) electrons. The number of piperidine rings is 1. The minimum Gasteiger partial charge on any atom is -0.494 e. The van der Waals surface area contributed by atoms with Gasteiger partial charge in [-0.05, 0) is 43.0 Å². The third kappa shape index (κ3) is 5.29. The molecule has 1 aromatic carbocycles. The van der Waals surface area contributed by atoms with E-state index in [1.807, 2.05) is 0 Å². The van der Waals surface area contributed by atoms with Crippen molar-refractivity contribution in [3.05, 3.63) is 48.0 Å². The molecule has 144 valence electrons. The number of hydrogen-bond donors (Lipinski definition) is 2. The highest BCUT2D eigenvalue weighted by molar-refractivity contribution is 5.74. The first-order valence-electron chi connectivity index (χ1n) is 9.04. The zero-order valence-electron chi connectivity index (χ0n) is 15.3. The fraction of sp³-hybridized carbons (Fsp3) is 0.421. The van der Waals surface area contributed by atoms with Crippen LogP contribution in [0.25, 0.3) is 0 Å². The Kier molecular flexibility index (Phi) is 6.40. The lowest BCUT2D eigenvalue weighted by molar-refractivity contribution is 0.235. The lowest BCUT2D eigenvalue weighted by Gasteiger charge is -2.33. The number of halogens is 1. The van der Waals surface area contributed by atoms with Crippen LogP contribution in [0.4, 0.5) is 15.1 Å². The second-order valence-corrected chi connectivity index (χ2v) is 6.45. The first-order valence-corrected chi connectivity index (χ1v) is 9.04. The van der Waals surface area contributed by atoms with Crippen molar-refractivity contribution in [2.24, 2.45) is 0 Å². The lowest BCUT2D eigenvalue weighted by Crippen LogP contribution is -2.51. The summed E-state index contributed by atoms with van der Waals surface area (Å²) >= 11 is 0. The average Bonchev–Trinajstić information content (AvgIpc) is 2.69. The molecule has 0 bridgehead atoms. The van der Waals surface area contributed by atoms with E-state index in [1.165, 1.54) is 13.2 Å². The number of benzene rings is 1. The molecule has 1 aliphatic heterocycles. The molecular weight excluding hydrogens is 349 g/mol. The number of carbonyl (C=O) groups is 1. The number of amides is 2. The monoisotopic (exact) mass is 373 g/mol. The van der Waals surface area contributed by atoms with Gasteiger partial charge in [-0.15, -0.1) is 0 Å². The Morgan fingerprint density at radius 3 is 2.93 bits per heavy atom. The molecule has 1 unspecified atom stereocenters. The highest BCUT2D eigenvalue weighted by atomic mass is 19.1. The number of aromatic nitrogens is 2. The molecule has 0 spiro atoms. The van der Waals surface area contributed by atoms with Crippen LogP contribution in [0.5, 0.6) is 5.75 Å². The summed E-state index contributed by atoms with van der Waals surface area (Å²) in [5, 5.41) is 5.82. The van der Waals surface area contributed by atoms with Gasteiger partial charge >= 0.3 is 6.03 Å². The van der Waals surface area contributed by atoms with Crippen molar-refractivity contribution < 1.29 is 13.9 Å². The summed E-state index contributed by atoms with van der Waals surface area (Å²) in [6.07, 6.45) is 5.86. The standard InChI is InChI=1S/C19H24FN5O2/c1-27-17-6-5-14(12-16(17)20)7-10-23-19(26)24-15-4-2-11-25(13-15)18-21-8-3-9-22-18/h3,5-6,8-9,12,15H,2,4,7,10-11,13H2,1H3,(H2,23,24,26). The van der Waals surface area contributed by atoms with Gasteiger partial charge in [0.05, 0.1) is 7.11 Å². The highest BCUT2D eigenvalue weighted by Crippen LogP contribution is 2.18. The zero-order chi connectivity index (χ0) is 19.1. The van der Waals surface area contributed by atoms with Crippen LogP contribution in [0.1, 0.15) is 18.4 Å². The van der Waals surface area contributed by atoms with Crippen LogP contribution in [-0.2, 0) is 6.42 Å². The molecule has 2 N–H and O–H groups in total. The maximum atomic E-state index is 13.7. The maximum Gasteiger partial charge on any atom is 0.315 e. The van der Waals surface area contributed by atoms with Gasteiger partial charge in [0.1, 0.15) is 0 Å². The molecule has 1 aliphatic rings. The van der Waals surface area contributed by atoms with E-state index < -0.39 is 5.82 Å². The highest BCUT2D eigenvalue weighted by Gasteiger charge is 2.22. The molecule has 1 saturated heterocycles. The first kappa shape index (κ1) is 18.9. The van der Waals surface area contributed by atoms with E-state index in [4.69, 9.17) is 4.74 Å². The molecule has 2 heterocycles. The lowest BCUT2D eigenvalue weighted by atomic mass is 10.1. The Balaban J connectivity index is 1.43. The van der Waals surface area contributed by atoms with Crippen molar-refractivity contribution in [1.29, 1.82) is 0 Å². The summed E-state index contributed by atoms with van der Waals surface area (Å²) in [5.74, 6) is 0.504. The number of carbonyl (C=O) groups excluding carboxylic acids is 1. The van der Waals surface area contributed by atoms with Crippen LogP contribution in [0.15, 0.2) is 36.7 Å². The van der Waals surface area contributed by atoms with Gasteiger partial charge in [-0.2, -0.15) is 0 Å². The second-order valence-electron chi connectivity index (χ2n) is 6.45. The molecule has 27 heavy (non-hydrogen) atoms. The minimum absolute atomic E-state index is 0.0426. The van der Waals surface area contributed by atoms with Gasteiger partial charge < -0.3 is 20.3 Å². The smallest absolute Gasteiger partial charge is 0.315 e. The van der Waals surface area contributed by atoms with Crippen LogP contribution >= 0.6 is 0 Å². The molecular formula is C19H24FN5O2. The molecule has 8 heteroatoms. The number of hydrogen-bond acceptors (Lipinski definition) is 5. The summed E-state index contributed by atoms with van der Waals surface area (Å²) in [7, 11) is 1.43. The van der Waals surface area contributed by atoms with E-state index in [-0.39, 0.29) is 17.8 Å². The number of rotatable bonds is 6. The first-order chi connectivity index (χ1) is 13.2. The normalized spacial score (nSPS) is 16.7. The quantitative estimate of drug-likeness (QED) is 0.811.